The van der Waals surface area contributed by atoms with Crippen LogP contribution in [0, 0.1) is 13.8 Å². The van der Waals surface area contributed by atoms with E-state index in [4.69, 9.17) is 4.74 Å². The van der Waals surface area contributed by atoms with E-state index in [1.54, 1.807) is 10.8 Å². The van der Waals surface area contributed by atoms with E-state index < -0.39 is 9.84 Å². The van der Waals surface area contributed by atoms with Gasteiger partial charge in [0.15, 0.2) is 0 Å². The van der Waals surface area contributed by atoms with Gasteiger partial charge in [-0.25, -0.2) is 13.4 Å². The number of hydrogen-bond acceptors (Lipinski definition) is 4. The van der Waals surface area contributed by atoms with E-state index >= 15 is 0 Å². The summed E-state index contributed by atoms with van der Waals surface area (Å²) < 4.78 is 32.5. The molecule has 0 aliphatic carbocycles. The molecule has 118 valence electrons. The molecule has 3 rings (SSSR count). The SMILES string of the molecule is Cc1ccc(C)c(-n2ccnc2S(=O)(=O)CC2CCCO2)c1. The lowest BCUT2D eigenvalue weighted by Crippen LogP contribution is -2.23. The Morgan fingerprint density at radius 1 is 1.36 bits per heavy atom. The second-order valence-corrected chi connectivity index (χ2v) is 7.71. The van der Waals surface area contributed by atoms with Crippen LogP contribution in [0.15, 0.2) is 35.7 Å². The third kappa shape index (κ3) is 2.94. The normalized spacial score (nSPS) is 18.7. The molecule has 2 aromatic rings. The van der Waals surface area contributed by atoms with E-state index in [1.165, 1.54) is 6.20 Å². The Balaban J connectivity index is 1.99. The topological polar surface area (TPSA) is 61.2 Å². The molecule has 0 bridgehead atoms. The van der Waals surface area contributed by atoms with Crippen LogP contribution in [0.3, 0.4) is 0 Å². The highest BCUT2D eigenvalue weighted by Crippen LogP contribution is 2.23. The molecular formula is C16H20N2O3S. The highest BCUT2D eigenvalue weighted by atomic mass is 32.2. The van der Waals surface area contributed by atoms with E-state index in [0.717, 1.165) is 29.7 Å². The summed E-state index contributed by atoms with van der Waals surface area (Å²) in [6.45, 7) is 4.59. The molecular weight excluding hydrogens is 300 g/mol. The van der Waals surface area contributed by atoms with Crippen molar-refractivity contribution in [2.75, 3.05) is 12.4 Å². The van der Waals surface area contributed by atoms with Crippen LogP contribution in [-0.2, 0) is 14.6 Å². The standard InChI is InChI=1S/C16H20N2O3S/c1-12-5-6-13(2)15(10-12)18-8-7-17-16(18)22(19,20)11-14-4-3-9-21-14/h5-8,10,14H,3-4,9,11H2,1-2H3. The number of nitrogens with zero attached hydrogens (tertiary/aromatic N) is 2. The average Bonchev–Trinajstić information content (AvgIpc) is 3.12. The van der Waals surface area contributed by atoms with Gasteiger partial charge in [-0.15, -0.1) is 0 Å². The van der Waals surface area contributed by atoms with E-state index in [1.807, 2.05) is 32.0 Å². The molecule has 1 unspecified atom stereocenters. The van der Waals surface area contributed by atoms with Gasteiger partial charge in [-0.3, -0.25) is 4.57 Å². The van der Waals surface area contributed by atoms with Gasteiger partial charge in [-0.1, -0.05) is 12.1 Å². The fourth-order valence-electron chi connectivity index (χ4n) is 2.78. The molecule has 0 N–H and O–H groups in total. The Hall–Kier alpha value is -1.66. The molecule has 1 aromatic carbocycles. The first-order chi connectivity index (χ1) is 10.5. The zero-order valence-corrected chi connectivity index (χ0v) is 13.6. The van der Waals surface area contributed by atoms with Crippen molar-refractivity contribution in [2.45, 2.75) is 37.9 Å². The van der Waals surface area contributed by atoms with Gasteiger partial charge in [0.1, 0.15) is 0 Å². The summed E-state index contributed by atoms with van der Waals surface area (Å²) in [5.74, 6) is -0.00508. The van der Waals surface area contributed by atoms with E-state index in [-0.39, 0.29) is 17.0 Å². The van der Waals surface area contributed by atoms with E-state index in [9.17, 15) is 8.42 Å². The maximum absolute atomic E-state index is 12.7. The zero-order chi connectivity index (χ0) is 15.7. The monoisotopic (exact) mass is 320 g/mol. The van der Waals surface area contributed by atoms with Crippen molar-refractivity contribution in [3.8, 4) is 5.69 Å². The first kappa shape index (κ1) is 15.2. The Morgan fingerprint density at radius 3 is 2.91 bits per heavy atom. The third-order valence-electron chi connectivity index (χ3n) is 3.94. The van der Waals surface area contributed by atoms with Crippen molar-refractivity contribution >= 4 is 9.84 Å². The maximum Gasteiger partial charge on any atom is 0.232 e. The van der Waals surface area contributed by atoms with Gasteiger partial charge in [0.05, 0.1) is 17.5 Å². The lowest BCUT2D eigenvalue weighted by Gasteiger charge is -2.14. The summed E-state index contributed by atoms with van der Waals surface area (Å²) in [6, 6.07) is 5.97. The number of rotatable bonds is 4. The molecule has 0 amide bonds. The molecule has 22 heavy (non-hydrogen) atoms. The Kier molecular flexibility index (Phi) is 4.06. The van der Waals surface area contributed by atoms with Crippen molar-refractivity contribution in [1.29, 1.82) is 0 Å². The number of ether oxygens (including phenoxy) is 1. The van der Waals surface area contributed by atoms with Crippen LogP contribution in [0.2, 0.25) is 0 Å². The fraction of sp³-hybridized carbons (Fsp3) is 0.438. The predicted molar refractivity (Wildman–Crippen MR) is 84.1 cm³/mol. The maximum atomic E-state index is 12.7. The molecule has 0 radical (unpaired) electrons. The Bertz CT molecular complexity index is 774. The number of imidazole rings is 1. The highest BCUT2D eigenvalue weighted by molar-refractivity contribution is 7.91. The van der Waals surface area contributed by atoms with Crippen LogP contribution < -0.4 is 0 Å². The van der Waals surface area contributed by atoms with Gasteiger partial charge in [0, 0.05) is 19.0 Å². The number of hydrogen-bond donors (Lipinski definition) is 0. The largest absolute Gasteiger partial charge is 0.377 e. The first-order valence-electron chi connectivity index (χ1n) is 7.43. The van der Waals surface area contributed by atoms with Gasteiger partial charge in [-0.2, -0.15) is 0 Å². The fourth-order valence-corrected chi connectivity index (χ4v) is 4.36. The van der Waals surface area contributed by atoms with Crippen LogP contribution in [0.5, 0.6) is 0 Å². The number of aromatic nitrogens is 2. The summed E-state index contributed by atoms with van der Waals surface area (Å²) in [7, 11) is -3.48. The molecule has 0 saturated carbocycles. The van der Waals surface area contributed by atoms with Gasteiger partial charge in [-0.05, 0) is 43.9 Å². The molecule has 2 heterocycles. The molecule has 1 saturated heterocycles. The van der Waals surface area contributed by atoms with Crippen LogP contribution in [0.1, 0.15) is 24.0 Å². The van der Waals surface area contributed by atoms with Gasteiger partial charge < -0.3 is 4.74 Å². The second-order valence-electron chi connectivity index (χ2n) is 5.79. The summed E-state index contributed by atoms with van der Waals surface area (Å²) in [5, 5.41) is 0.0942. The molecule has 5 nitrogen and oxygen atoms in total. The molecule has 1 fully saturated rings. The lowest BCUT2D eigenvalue weighted by atomic mass is 10.1. The van der Waals surface area contributed by atoms with Crippen molar-refractivity contribution in [3.63, 3.8) is 0 Å². The minimum Gasteiger partial charge on any atom is -0.377 e. The summed E-state index contributed by atoms with van der Waals surface area (Å²) in [6.07, 6.45) is 4.73. The molecule has 1 aliphatic rings. The van der Waals surface area contributed by atoms with E-state index in [2.05, 4.69) is 4.98 Å². The second kappa shape index (κ2) is 5.85. The zero-order valence-electron chi connectivity index (χ0n) is 12.8. The average molecular weight is 320 g/mol. The van der Waals surface area contributed by atoms with E-state index in [0.29, 0.717) is 6.61 Å². The minimum absolute atomic E-state index is 0.00508. The predicted octanol–water partition coefficient (Wildman–Crippen LogP) is 2.44. The van der Waals surface area contributed by atoms with Crippen molar-refractivity contribution in [1.82, 2.24) is 9.55 Å². The minimum atomic E-state index is -3.48. The highest BCUT2D eigenvalue weighted by Gasteiger charge is 2.28. The smallest absolute Gasteiger partial charge is 0.232 e. The first-order valence-corrected chi connectivity index (χ1v) is 9.08. The Labute approximate surface area is 130 Å². The molecule has 6 heteroatoms. The van der Waals surface area contributed by atoms with Crippen molar-refractivity contribution in [2.24, 2.45) is 0 Å². The third-order valence-corrected chi connectivity index (χ3v) is 5.61. The number of sulfone groups is 1. The van der Waals surface area contributed by atoms with Crippen LogP contribution in [0.25, 0.3) is 5.69 Å². The molecule has 1 aromatic heterocycles. The van der Waals surface area contributed by atoms with Crippen molar-refractivity contribution in [3.05, 3.63) is 41.7 Å². The summed E-state index contributed by atoms with van der Waals surface area (Å²) >= 11 is 0. The van der Waals surface area contributed by atoms with Crippen molar-refractivity contribution < 1.29 is 13.2 Å². The van der Waals surface area contributed by atoms with Gasteiger partial charge >= 0.3 is 0 Å². The lowest BCUT2D eigenvalue weighted by molar-refractivity contribution is 0.127. The Morgan fingerprint density at radius 2 is 2.18 bits per heavy atom. The number of aryl methyl sites for hydroxylation is 2. The van der Waals surface area contributed by atoms with Crippen LogP contribution in [-0.4, -0.2) is 36.4 Å². The number of benzene rings is 1. The molecule has 1 atom stereocenters. The molecule has 0 spiro atoms. The molecule has 1 aliphatic heterocycles. The summed E-state index contributed by atoms with van der Waals surface area (Å²) in [4.78, 5) is 4.10. The van der Waals surface area contributed by atoms with Crippen LogP contribution in [0.4, 0.5) is 0 Å². The van der Waals surface area contributed by atoms with Crippen LogP contribution >= 0.6 is 0 Å². The van der Waals surface area contributed by atoms with Gasteiger partial charge in [0.2, 0.25) is 15.0 Å². The summed E-state index contributed by atoms with van der Waals surface area (Å²) in [5.41, 5.74) is 2.94. The van der Waals surface area contributed by atoms with Gasteiger partial charge in [0.25, 0.3) is 0 Å². The quantitative estimate of drug-likeness (QED) is 0.868.